The van der Waals surface area contributed by atoms with Crippen molar-refractivity contribution in [1.29, 1.82) is 0 Å². The van der Waals surface area contributed by atoms with Gasteiger partial charge in [0.2, 0.25) is 0 Å². The van der Waals surface area contributed by atoms with Gasteiger partial charge in [0.05, 0.1) is 0 Å². The van der Waals surface area contributed by atoms with Crippen molar-refractivity contribution < 1.29 is 0 Å². The van der Waals surface area contributed by atoms with Gasteiger partial charge in [-0.25, -0.2) is 0 Å². The van der Waals surface area contributed by atoms with E-state index >= 15 is 0 Å². The molecule has 0 amide bonds. The number of nitrogens with one attached hydrogen (secondary N) is 1. The van der Waals surface area contributed by atoms with Gasteiger partial charge < -0.3 is 9.88 Å². The number of nitrogens with zero attached hydrogens (tertiary/aromatic N) is 3. The Morgan fingerprint density at radius 2 is 2.24 bits per heavy atom. The summed E-state index contributed by atoms with van der Waals surface area (Å²) in [5.41, 5.74) is 2.28. The summed E-state index contributed by atoms with van der Waals surface area (Å²) >= 11 is 0. The molecule has 1 aromatic heterocycles. The Morgan fingerprint density at radius 1 is 1.35 bits per heavy atom. The number of benzene rings is 1. The van der Waals surface area contributed by atoms with E-state index in [2.05, 4.69) is 39.8 Å². The van der Waals surface area contributed by atoms with Crippen LogP contribution in [0.3, 0.4) is 0 Å². The van der Waals surface area contributed by atoms with Crippen LogP contribution in [0.4, 0.5) is 5.69 Å². The van der Waals surface area contributed by atoms with Gasteiger partial charge in [0.15, 0.2) is 5.82 Å². The molecule has 0 radical (unpaired) electrons. The molecular formula is C13H16N4. The van der Waals surface area contributed by atoms with Crippen molar-refractivity contribution in [3.8, 4) is 11.4 Å². The molecule has 4 heteroatoms. The van der Waals surface area contributed by atoms with Crippen molar-refractivity contribution in [2.24, 2.45) is 7.05 Å². The van der Waals surface area contributed by atoms with Crippen LogP contribution in [0.15, 0.2) is 30.6 Å². The number of rotatable bonds is 3. The van der Waals surface area contributed by atoms with Gasteiger partial charge in [-0.3, -0.25) is 0 Å². The van der Waals surface area contributed by atoms with E-state index in [1.165, 1.54) is 24.9 Å². The van der Waals surface area contributed by atoms with Gasteiger partial charge in [-0.15, -0.1) is 10.2 Å². The van der Waals surface area contributed by atoms with Gasteiger partial charge in [-0.1, -0.05) is 12.1 Å². The summed E-state index contributed by atoms with van der Waals surface area (Å²) in [5.74, 6) is 0.905. The van der Waals surface area contributed by atoms with E-state index in [9.17, 15) is 0 Å². The summed E-state index contributed by atoms with van der Waals surface area (Å²) in [6.45, 7) is 0. The molecule has 0 spiro atoms. The highest BCUT2D eigenvalue weighted by molar-refractivity contribution is 5.62. The van der Waals surface area contributed by atoms with Crippen LogP contribution in [0.25, 0.3) is 11.4 Å². The predicted molar refractivity (Wildman–Crippen MR) is 67.7 cm³/mol. The average molecular weight is 228 g/mol. The number of anilines is 1. The third kappa shape index (κ3) is 2.02. The fraction of sp³-hybridized carbons (Fsp3) is 0.385. The normalized spacial score (nSPS) is 15.6. The lowest BCUT2D eigenvalue weighted by molar-refractivity contribution is 0.445. The Labute approximate surface area is 101 Å². The molecule has 2 aromatic rings. The van der Waals surface area contributed by atoms with Crippen LogP contribution in [0.1, 0.15) is 19.3 Å². The molecule has 1 fully saturated rings. The molecule has 17 heavy (non-hydrogen) atoms. The quantitative estimate of drug-likeness (QED) is 0.877. The maximum atomic E-state index is 4.13. The summed E-state index contributed by atoms with van der Waals surface area (Å²) in [5, 5.41) is 11.6. The number of aryl methyl sites for hydroxylation is 1. The van der Waals surface area contributed by atoms with Crippen LogP contribution in [0.2, 0.25) is 0 Å². The Balaban J connectivity index is 1.85. The summed E-state index contributed by atoms with van der Waals surface area (Å²) in [6.07, 6.45) is 5.64. The van der Waals surface area contributed by atoms with Crippen LogP contribution >= 0.6 is 0 Å². The topological polar surface area (TPSA) is 42.7 Å². The van der Waals surface area contributed by atoms with Crippen molar-refractivity contribution in [2.75, 3.05) is 5.32 Å². The van der Waals surface area contributed by atoms with E-state index in [4.69, 9.17) is 0 Å². The zero-order valence-corrected chi connectivity index (χ0v) is 9.93. The summed E-state index contributed by atoms with van der Waals surface area (Å²) in [4.78, 5) is 0. The van der Waals surface area contributed by atoms with E-state index in [1.807, 2.05) is 11.6 Å². The molecule has 0 atom stereocenters. The molecule has 0 saturated heterocycles. The summed E-state index contributed by atoms with van der Waals surface area (Å²) < 4.78 is 1.93. The molecule has 1 aliphatic carbocycles. The van der Waals surface area contributed by atoms with E-state index in [0.717, 1.165) is 11.4 Å². The van der Waals surface area contributed by atoms with Crippen LogP contribution in [-0.2, 0) is 7.05 Å². The van der Waals surface area contributed by atoms with Gasteiger partial charge in [0.25, 0.3) is 0 Å². The zero-order chi connectivity index (χ0) is 11.7. The van der Waals surface area contributed by atoms with Crippen molar-refractivity contribution in [3.63, 3.8) is 0 Å². The first-order chi connectivity index (χ1) is 8.33. The zero-order valence-electron chi connectivity index (χ0n) is 9.93. The molecule has 4 nitrogen and oxygen atoms in total. The molecule has 0 aliphatic heterocycles. The Morgan fingerprint density at radius 3 is 2.88 bits per heavy atom. The monoisotopic (exact) mass is 228 g/mol. The van der Waals surface area contributed by atoms with Gasteiger partial charge >= 0.3 is 0 Å². The molecule has 88 valence electrons. The largest absolute Gasteiger partial charge is 0.382 e. The van der Waals surface area contributed by atoms with Gasteiger partial charge in [-0.05, 0) is 31.4 Å². The van der Waals surface area contributed by atoms with Crippen molar-refractivity contribution in [2.45, 2.75) is 25.3 Å². The number of aromatic nitrogens is 3. The maximum Gasteiger partial charge on any atom is 0.163 e. The van der Waals surface area contributed by atoms with Crippen molar-refractivity contribution in [1.82, 2.24) is 14.8 Å². The van der Waals surface area contributed by atoms with Crippen LogP contribution in [-0.4, -0.2) is 20.8 Å². The molecular weight excluding hydrogens is 212 g/mol. The van der Waals surface area contributed by atoms with Gasteiger partial charge in [0.1, 0.15) is 6.33 Å². The Bertz CT molecular complexity index is 514. The number of hydrogen-bond acceptors (Lipinski definition) is 3. The van der Waals surface area contributed by atoms with Crippen LogP contribution in [0.5, 0.6) is 0 Å². The molecule has 3 rings (SSSR count). The fourth-order valence-corrected chi connectivity index (χ4v) is 2.08. The Hall–Kier alpha value is -1.84. The maximum absolute atomic E-state index is 4.13. The van der Waals surface area contributed by atoms with E-state index in [1.54, 1.807) is 6.33 Å². The Kier molecular flexibility index (Phi) is 2.55. The van der Waals surface area contributed by atoms with Crippen LogP contribution in [0, 0.1) is 0 Å². The molecule has 0 unspecified atom stereocenters. The lowest BCUT2D eigenvalue weighted by atomic mass is 9.93. The smallest absolute Gasteiger partial charge is 0.163 e. The SMILES string of the molecule is Cn1cnnc1-c1cccc(NC2CCC2)c1. The molecule has 1 N–H and O–H groups in total. The van der Waals surface area contributed by atoms with Crippen LogP contribution < -0.4 is 5.32 Å². The van der Waals surface area contributed by atoms with Gasteiger partial charge in [0, 0.05) is 24.3 Å². The first-order valence-corrected chi connectivity index (χ1v) is 6.04. The molecule has 0 bridgehead atoms. The summed E-state index contributed by atoms with van der Waals surface area (Å²) in [7, 11) is 1.96. The first kappa shape index (κ1) is 10.3. The second kappa shape index (κ2) is 4.20. The van der Waals surface area contributed by atoms with Crippen molar-refractivity contribution >= 4 is 5.69 Å². The lowest BCUT2D eigenvalue weighted by Crippen LogP contribution is -2.26. The van der Waals surface area contributed by atoms with Crippen molar-refractivity contribution in [3.05, 3.63) is 30.6 Å². The highest BCUT2D eigenvalue weighted by atomic mass is 15.2. The second-order valence-electron chi connectivity index (χ2n) is 4.62. The summed E-state index contributed by atoms with van der Waals surface area (Å²) in [6, 6.07) is 9.03. The first-order valence-electron chi connectivity index (χ1n) is 6.04. The molecule has 1 saturated carbocycles. The highest BCUT2D eigenvalue weighted by Gasteiger charge is 2.17. The van der Waals surface area contributed by atoms with E-state index < -0.39 is 0 Å². The second-order valence-corrected chi connectivity index (χ2v) is 4.62. The van der Waals surface area contributed by atoms with Gasteiger partial charge in [-0.2, -0.15) is 0 Å². The van der Waals surface area contributed by atoms with E-state index in [0.29, 0.717) is 6.04 Å². The third-order valence-corrected chi connectivity index (χ3v) is 3.31. The minimum Gasteiger partial charge on any atom is -0.382 e. The molecule has 1 aliphatic rings. The number of hydrogen-bond donors (Lipinski definition) is 1. The predicted octanol–water partition coefficient (Wildman–Crippen LogP) is 2.45. The minimum atomic E-state index is 0.657. The third-order valence-electron chi connectivity index (χ3n) is 3.31. The standard InChI is InChI=1S/C13H16N4/c1-17-9-14-16-13(17)10-4-2-7-12(8-10)15-11-5-3-6-11/h2,4,7-9,11,15H,3,5-6H2,1H3. The molecule has 1 aromatic carbocycles. The van der Waals surface area contributed by atoms with E-state index in [-0.39, 0.29) is 0 Å². The highest BCUT2D eigenvalue weighted by Crippen LogP contribution is 2.25. The molecule has 1 heterocycles. The fourth-order valence-electron chi connectivity index (χ4n) is 2.08. The minimum absolute atomic E-state index is 0.657. The average Bonchev–Trinajstić information content (AvgIpc) is 2.71. The lowest BCUT2D eigenvalue weighted by Gasteiger charge is -2.27.